The van der Waals surface area contributed by atoms with Gasteiger partial charge in [0.25, 0.3) is 17.7 Å². The molecule has 13 nitrogen and oxygen atoms in total. The highest BCUT2D eigenvalue weighted by atomic mass is 19.1. The number of carbonyl (C=O) groups excluding carboxylic acids is 5. The predicted molar refractivity (Wildman–Crippen MR) is 142 cm³/mol. The van der Waals surface area contributed by atoms with Crippen LogP contribution in [0.25, 0.3) is 11.1 Å². The van der Waals surface area contributed by atoms with Gasteiger partial charge in [-0.15, -0.1) is 0 Å². The zero-order valence-electron chi connectivity index (χ0n) is 23.3. The lowest BCUT2D eigenvalue weighted by Gasteiger charge is -2.27. The Balaban J connectivity index is 1.48. The van der Waals surface area contributed by atoms with Crippen molar-refractivity contribution in [1.29, 1.82) is 0 Å². The van der Waals surface area contributed by atoms with Gasteiger partial charge in [-0.2, -0.15) is 0 Å². The highest BCUT2D eigenvalue weighted by molar-refractivity contribution is 6.07. The van der Waals surface area contributed by atoms with Crippen LogP contribution in [0.15, 0.2) is 34.7 Å². The van der Waals surface area contributed by atoms with Gasteiger partial charge in [-0.1, -0.05) is 6.07 Å². The molecule has 1 atom stereocenters. The lowest BCUT2D eigenvalue weighted by molar-refractivity contribution is -0.158. The number of ether oxygens (including phenoxy) is 2. The van der Waals surface area contributed by atoms with Gasteiger partial charge >= 0.3 is 12.0 Å². The maximum Gasteiger partial charge on any atom is 0.328 e. The predicted octanol–water partition coefficient (Wildman–Crippen LogP) is 2.41. The number of esters is 1. The van der Waals surface area contributed by atoms with Crippen molar-refractivity contribution in [2.24, 2.45) is 11.1 Å². The third-order valence-electron chi connectivity index (χ3n) is 7.19. The number of hydrogen-bond donors (Lipinski definition) is 2. The molecule has 0 aliphatic carbocycles. The Morgan fingerprint density at radius 2 is 1.93 bits per heavy atom. The second kappa shape index (κ2) is 10.1. The van der Waals surface area contributed by atoms with Crippen molar-refractivity contribution in [3.8, 4) is 5.75 Å². The summed E-state index contributed by atoms with van der Waals surface area (Å²) in [5.41, 5.74) is 3.26. The van der Waals surface area contributed by atoms with E-state index in [9.17, 15) is 28.4 Å². The maximum atomic E-state index is 14.9. The third-order valence-corrected chi connectivity index (χ3v) is 7.19. The Hall–Kier alpha value is -5.01. The molecular formula is C28H28FN5O8. The van der Waals surface area contributed by atoms with Crippen molar-refractivity contribution >= 4 is 40.8 Å². The molecular weight excluding hydrogens is 553 g/mol. The topological polar surface area (TPSA) is 174 Å². The van der Waals surface area contributed by atoms with E-state index in [1.165, 1.54) is 36.3 Å². The van der Waals surface area contributed by atoms with Crippen LogP contribution in [0, 0.1) is 11.2 Å². The summed E-state index contributed by atoms with van der Waals surface area (Å²) in [4.78, 5) is 70.4. The second-order valence-electron chi connectivity index (χ2n) is 11.0. The number of fused-ring (bicyclic) bond motifs is 2. The number of pyridine rings is 1. The summed E-state index contributed by atoms with van der Waals surface area (Å²) in [6, 6.07) is 6.32. The number of hydrogen-bond acceptors (Lipinski definition) is 9. The number of carbonyl (C=O) groups is 5. The molecule has 2 aliphatic rings. The fourth-order valence-corrected chi connectivity index (χ4v) is 4.85. The number of amides is 5. The molecule has 42 heavy (non-hydrogen) atoms. The zero-order chi connectivity index (χ0) is 30.6. The molecule has 1 fully saturated rings. The van der Waals surface area contributed by atoms with E-state index in [2.05, 4.69) is 10.3 Å². The molecule has 0 radical (unpaired) electrons. The minimum atomic E-state index is -1.86. The molecule has 220 valence electrons. The number of primary amides is 1. The molecule has 3 N–H and O–H groups in total. The van der Waals surface area contributed by atoms with Crippen LogP contribution in [0.3, 0.4) is 0 Å². The van der Waals surface area contributed by atoms with E-state index in [0.717, 1.165) is 4.90 Å². The third kappa shape index (κ3) is 4.67. The summed E-state index contributed by atoms with van der Waals surface area (Å²) in [6.07, 6.45) is -0.192. The van der Waals surface area contributed by atoms with Crippen molar-refractivity contribution in [3.63, 3.8) is 0 Å². The SMILES string of the molecule is COc1ccc2c(c1F)C(=O)N(CC[C@@]1(c3cc4nc(C(N)=O)ccc4o3)NC(=O)N(COC(=O)C(C)(C)C)C1=O)C2. The summed E-state index contributed by atoms with van der Waals surface area (Å²) in [5.74, 6) is -3.73. The number of nitrogens with two attached hydrogens (primary N) is 1. The van der Waals surface area contributed by atoms with Crippen LogP contribution in [0.4, 0.5) is 9.18 Å². The van der Waals surface area contributed by atoms with Crippen molar-refractivity contribution in [2.45, 2.75) is 39.3 Å². The number of rotatable bonds is 8. The largest absolute Gasteiger partial charge is 0.494 e. The number of furan rings is 1. The molecule has 4 heterocycles. The van der Waals surface area contributed by atoms with E-state index in [1.54, 1.807) is 26.8 Å². The van der Waals surface area contributed by atoms with Crippen LogP contribution < -0.4 is 15.8 Å². The van der Waals surface area contributed by atoms with Gasteiger partial charge in [-0.3, -0.25) is 19.2 Å². The molecule has 0 bridgehead atoms. The number of nitrogens with one attached hydrogen (secondary N) is 1. The number of halogens is 1. The summed E-state index contributed by atoms with van der Waals surface area (Å²) in [6.45, 7) is 4.16. The summed E-state index contributed by atoms with van der Waals surface area (Å²) >= 11 is 0. The highest BCUT2D eigenvalue weighted by Crippen LogP contribution is 2.38. The number of nitrogens with zero attached hydrogens (tertiary/aromatic N) is 3. The standard InChI is InChI=1S/C28H28FN5O8/c1-27(2,3)25(38)41-13-34-24(37)28(32-26(34)39,19-11-16-17(42-19)8-6-15(31-16)22(30)35)9-10-33-12-14-5-7-18(40-4)21(29)20(14)23(33)36/h5-8,11H,9-10,12-13H2,1-4H3,(H2,30,35)(H,32,39)/t28-/m0/s1. The van der Waals surface area contributed by atoms with E-state index in [4.69, 9.17) is 19.6 Å². The van der Waals surface area contributed by atoms with Gasteiger partial charge in [-0.25, -0.2) is 19.1 Å². The monoisotopic (exact) mass is 581 g/mol. The number of imide groups is 1. The Bertz CT molecular complexity index is 1660. The maximum absolute atomic E-state index is 14.9. The average Bonchev–Trinajstić information content (AvgIpc) is 3.58. The molecule has 1 aromatic carbocycles. The van der Waals surface area contributed by atoms with Crippen LogP contribution in [0.2, 0.25) is 0 Å². The van der Waals surface area contributed by atoms with Crippen LogP contribution in [-0.4, -0.2) is 64.9 Å². The van der Waals surface area contributed by atoms with Crippen LogP contribution in [0.1, 0.15) is 59.4 Å². The first-order valence-corrected chi connectivity index (χ1v) is 12.9. The number of methoxy groups -OCH3 is 1. The van der Waals surface area contributed by atoms with E-state index in [0.29, 0.717) is 5.56 Å². The second-order valence-corrected chi connectivity index (χ2v) is 11.0. The van der Waals surface area contributed by atoms with Crippen molar-refractivity contribution in [2.75, 3.05) is 20.4 Å². The normalized spacial score (nSPS) is 18.5. The lowest BCUT2D eigenvalue weighted by atomic mass is 9.91. The molecule has 0 spiro atoms. The first kappa shape index (κ1) is 28.5. The zero-order valence-corrected chi connectivity index (χ0v) is 23.3. The van der Waals surface area contributed by atoms with Gasteiger partial charge in [0.15, 0.2) is 29.4 Å². The molecule has 5 rings (SSSR count). The first-order chi connectivity index (χ1) is 19.8. The molecule has 1 saturated heterocycles. The summed E-state index contributed by atoms with van der Waals surface area (Å²) in [5, 5.41) is 2.63. The Labute approximate surface area is 238 Å². The fourth-order valence-electron chi connectivity index (χ4n) is 4.85. The Kier molecular flexibility index (Phi) is 6.87. The minimum Gasteiger partial charge on any atom is -0.494 e. The van der Waals surface area contributed by atoms with Crippen LogP contribution in [-0.2, 0) is 26.4 Å². The van der Waals surface area contributed by atoms with Crippen molar-refractivity contribution in [1.82, 2.24) is 20.1 Å². The summed E-state index contributed by atoms with van der Waals surface area (Å²) in [7, 11) is 1.29. The molecule has 5 amide bonds. The quantitative estimate of drug-likeness (QED) is 0.299. The van der Waals surface area contributed by atoms with E-state index in [-0.39, 0.29) is 53.4 Å². The minimum absolute atomic E-state index is 0.0355. The van der Waals surface area contributed by atoms with Gasteiger partial charge in [0.1, 0.15) is 17.0 Å². The van der Waals surface area contributed by atoms with Crippen molar-refractivity contribution < 1.29 is 42.3 Å². The van der Waals surface area contributed by atoms with Crippen LogP contribution >= 0.6 is 0 Å². The fraction of sp³-hybridized carbons (Fsp3) is 0.357. The van der Waals surface area contributed by atoms with Gasteiger partial charge in [-0.05, 0) is 44.5 Å². The lowest BCUT2D eigenvalue weighted by Crippen LogP contribution is -2.46. The van der Waals surface area contributed by atoms with E-state index >= 15 is 0 Å². The molecule has 3 aromatic rings. The highest BCUT2D eigenvalue weighted by Gasteiger charge is 2.55. The van der Waals surface area contributed by atoms with Gasteiger partial charge in [0.05, 0.1) is 18.1 Å². The van der Waals surface area contributed by atoms with E-state index in [1.807, 2.05) is 0 Å². The molecule has 14 heteroatoms. The average molecular weight is 582 g/mol. The summed E-state index contributed by atoms with van der Waals surface area (Å²) < 4.78 is 31.0. The van der Waals surface area contributed by atoms with Gasteiger partial charge in [0, 0.05) is 25.6 Å². The number of benzene rings is 1. The van der Waals surface area contributed by atoms with E-state index < -0.39 is 53.2 Å². The molecule has 0 unspecified atom stereocenters. The number of urea groups is 1. The van der Waals surface area contributed by atoms with Gasteiger partial charge < -0.3 is 29.8 Å². The van der Waals surface area contributed by atoms with Gasteiger partial charge in [0.2, 0.25) is 0 Å². The number of aromatic nitrogens is 1. The molecule has 2 aliphatic heterocycles. The Morgan fingerprint density at radius 1 is 1.19 bits per heavy atom. The first-order valence-electron chi connectivity index (χ1n) is 12.9. The Morgan fingerprint density at radius 3 is 2.60 bits per heavy atom. The molecule has 0 saturated carbocycles. The van der Waals surface area contributed by atoms with Crippen LogP contribution in [0.5, 0.6) is 5.75 Å². The molecule has 2 aromatic heterocycles. The smallest absolute Gasteiger partial charge is 0.328 e. The van der Waals surface area contributed by atoms with Crippen molar-refractivity contribution in [3.05, 3.63) is 58.7 Å².